The van der Waals surface area contributed by atoms with Crippen molar-refractivity contribution in [1.29, 1.82) is 0 Å². The van der Waals surface area contributed by atoms with Gasteiger partial charge in [0.15, 0.2) is 5.01 Å². The number of pyridine rings is 1. The maximum atomic E-state index is 12.9. The molecule has 140 valence electrons. The number of aromatic nitrogens is 3. The Morgan fingerprint density at radius 1 is 1.30 bits per heavy atom. The molecule has 0 radical (unpaired) electrons. The maximum absolute atomic E-state index is 12.9. The van der Waals surface area contributed by atoms with Crippen molar-refractivity contribution < 1.29 is 9.53 Å². The summed E-state index contributed by atoms with van der Waals surface area (Å²) < 4.78 is 5.71. The highest BCUT2D eigenvalue weighted by Gasteiger charge is 2.24. The van der Waals surface area contributed by atoms with Gasteiger partial charge in [0.25, 0.3) is 0 Å². The van der Waals surface area contributed by atoms with Crippen LogP contribution in [0.1, 0.15) is 17.7 Å². The third-order valence-corrected chi connectivity index (χ3v) is 5.91. The third kappa shape index (κ3) is 4.68. The smallest absolute Gasteiger partial charge is 0.324 e. The lowest BCUT2D eigenvalue weighted by atomic mass is 10.2. The molecule has 2 amide bonds. The van der Waals surface area contributed by atoms with Crippen molar-refractivity contribution >= 4 is 33.8 Å². The van der Waals surface area contributed by atoms with E-state index in [-0.39, 0.29) is 12.1 Å². The summed E-state index contributed by atoms with van der Waals surface area (Å²) >= 11 is 2.95. The Bertz CT molecular complexity index is 863. The van der Waals surface area contributed by atoms with Gasteiger partial charge in [0.2, 0.25) is 5.13 Å². The number of nitrogens with one attached hydrogen (secondary N) is 1. The Hall–Kier alpha value is -2.36. The molecule has 3 aromatic rings. The molecule has 0 unspecified atom stereocenters. The Morgan fingerprint density at radius 3 is 3.00 bits per heavy atom. The average molecular weight is 402 g/mol. The highest BCUT2D eigenvalue weighted by atomic mass is 32.1. The zero-order valence-corrected chi connectivity index (χ0v) is 16.2. The molecule has 1 fully saturated rings. The molecule has 0 saturated carbocycles. The van der Waals surface area contributed by atoms with Gasteiger partial charge in [-0.25, -0.2) is 4.79 Å². The number of nitrogens with zero attached hydrogens (tertiary/aromatic N) is 4. The molecule has 9 heteroatoms. The van der Waals surface area contributed by atoms with Gasteiger partial charge in [0, 0.05) is 24.2 Å². The Labute approximate surface area is 165 Å². The molecule has 1 aliphatic rings. The molecule has 3 aromatic heterocycles. The largest absolute Gasteiger partial charge is 0.376 e. The molecule has 0 aromatic carbocycles. The van der Waals surface area contributed by atoms with Gasteiger partial charge in [0.05, 0.1) is 12.6 Å². The standard InChI is InChI=1S/C18H19N5O2S2/c24-18(20-17-22-21-16(27-17)15-7-1-2-8-19-15)23(11-13-5-3-9-25-13)12-14-6-4-10-26-14/h1-2,4,6-8,10,13H,3,5,9,11-12H2,(H,20,22,24)/t13-/m1/s1. The Morgan fingerprint density at radius 2 is 2.26 bits per heavy atom. The summed E-state index contributed by atoms with van der Waals surface area (Å²) in [7, 11) is 0. The minimum atomic E-state index is -0.192. The van der Waals surface area contributed by atoms with Gasteiger partial charge in [0.1, 0.15) is 5.69 Å². The molecule has 0 aliphatic carbocycles. The van der Waals surface area contributed by atoms with Crippen molar-refractivity contribution in [1.82, 2.24) is 20.1 Å². The lowest BCUT2D eigenvalue weighted by Gasteiger charge is -2.24. The molecule has 27 heavy (non-hydrogen) atoms. The normalized spacial score (nSPS) is 16.4. The molecule has 1 saturated heterocycles. The van der Waals surface area contributed by atoms with E-state index in [1.54, 1.807) is 22.4 Å². The quantitative estimate of drug-likeness (QED) is 0.678. The third-order valence-electron chi connectivity index (χ3n) is 4.18. The topological polar surface area (TPSA) is 80.2 Å². The number of thiophene rings is 1. The number of rotatable bonds is 6. The van der Waals surface area contributed by atoms with Gasteiger partial charge < -0.3 is 9.64 Å². The van der Waals surface area contributed by atoms with Gasteiger partial charge in [-0.05, 0) is 36.4 Å². The van der Waals surface area contributed by atoms with Gasteiger partial charge in [-0.3, -0.25) is 10.3 Å². The van der Waals surface area contributed by atoms with Crippen LogP contribution in [-0.2, 0) is 11.3 Å². The summed E-state index contributed by atoms with van der Waals surface area (Å²) in [6, 6.07) is 9.44. The molecular weight excluding hydrogens is 382 g/mol. The second-order valence-corrected chi connectivity index (χ2v) is 8.16. The molecule has 4 rings (SSSR count). The average Bonchev–Trinajstić information content (AvgIpc) is 3.45. The van der Waals surface area contributed by atoms with Crippen molar-refractivity contribution in [2.45, 2.75) is 25.5 Å². The number of hydrogen-bond donors (Lipinski definition) is 1. The second-order valence-electron chi connectivity index (χ2n) is 6.15. The van der Waals surface area contributed by atoms with Crippen LogP contribution in [0.5, 0.6) is 0 Å². The first-order valence-electron chi connectivity index (χ1n) is 8.73. The van der Waals surface area contributed by atoms with Crippen LogP contribution in [0.25, 0.3) is 10.7 Å². The zero-order valence-electron chi connectivity index (χ0n) is 14.6. The van der Waals surface area contributed by atoms with E-state index >= 15 is 0 Å². The molecule has 1 aliphatic heterocycles. The first kappa shape index (κ1) is 18.0. The predicted molar refractivity (Wildman–Crippen MR) is 106 cm³/mol. The van der Waals surface area contributed by atoms with Crippen LogP contribution in [0, 0.1) is 0 Å². The van der Waals surface area contributed by atoms with Crippen LogP contribution >= 0.6 is 22.7 Å². The van der Waals surface area contributed by atoms with E-state index in [4.69, 9.17) is 4.74 Å². The molecule has 7 nitrogen and oxygen atoms in total. The van der Waals surface area contributed by atoms with Gasteiger partial charge in [-0.15, -0.1) is 21.5 Å². The molecular formula is C18H19N5O2S2. The van der Waals surface area contributed by atoms with Crippen LogP contribution in [0.4, 0.5) is 9.93 Å². The minimum Gasteiger partial charge on any atom is -0.376 e. The molecule has 1 N–H and O–H groups in total. The molecule has 0 spiro atoms. The summed E-state index contributed by atoms with van der Waals surface area (Å²) in [6.07, 6.45) is 3.83. The van der Waals surface area contributed by atoms with E-state index in [0.29, 0.717) is 23.2 Å². The van der Waals surface area contributed by atoms with Crippen LogP contribution < -0.4 is 5.32 Å². The van der Waals surface area contributed by atoms with E-state index in [1.165, 1.54) is 11.3 Å². The molecule has 4 heterocycles. The minimum absolute atomic E-state index is 0.0919. The zero-order chi connectivity index (χ0) is 18.5. The van der Waals surface area contributed by atoms with Crippen LogP contribution in [0.3, 0.4) is 0 Å². The summed E-state index contributed by atoms with van der Waals surface area (Å²) in [4.78, 5) is 20.0. The number of ether oxygens (including phenoxy) is 1. The second kappa shape index (κ2) is 8.55. The first-order chi connectivity index (χ1) is 13.3. The van der Waals surface area contributed by atoms with Crippen molar-refractivity contribution in [3.8, 4) is 10.7 Å². The summed E-state index contributed by atoms with van der Waals surface area (Å²) in [6.45, 7) is 1.88. The number of hydrogen-bond acceptors (Lipinski definition) is 7. The maximum Gasteiger partial charge on any atom is 0.324 e. The fourth-order valence-electron chi connectivity index (χ4n) is 2.88. The Kier molecular flexibility index (Phi) is 5.71. The SMILES string of the molecule is O=C(Nc1nnc(-c2ccccn2)s1)N(Cc1cccs1)C[C@H]1CCCO1. The highest BCUT2D eigenvalue weighted by Crippen LogP contribution is 2.25. The van der Waals surface area contributed by atoms with E-state index in [9.17, 15) is 4.79 Å². The van der Waals surface area contributed by atoms with E-state index < -0.39 is 0 Å². The fraction of sp³-hybridized carbons (Fsp3) is 0.333. The van der Waals surface area contributed by atoms with E-state index in [1.807, 2.05) is 35.7 Å². The van der Waals surface area contributed by atoms with Crippen molar-refractivity contribution in [2.75, 3.05) is 18.5 Å². The monoisotopic (exact) mass is 401 g/mol. The van der Waals surface area contributed by atoms with Crippen molar-refractivity contribution in [2.24, 2.45) is 0 Å². The summed E-state index contributed by atoms with van der Waals surface area (Å²) in [5.74, 6) is 0. The molecule has 1 atom stereocenters. The van der Waals surface area contributed by atoms with E-state index in [0.717, 1.165) is 30.0 Å². The lowest BCUT2D eigenvalue weighted by Crippen LogP contribution is -2.39. The number of anilines is 1. The van der Waals surface area contributed by atoms with Crippen LogP contribution in [-0.4, -0.2) is 45.4 Å². The summed E-state index contributed by atoms with van der Waals surface area (Å²) in [5.41, 5.74) is 0.741. The van der Waals surface area contributed by atoms with Crippen molar-refractivity contribution in [3.05, 3.63) is 46.8 Å². The number of carbonyl (C=O) groups excluding carboxylic acids is 1. The highest BCUT2D eigenvalue weighted by molar-refractivity contribution is 7.18. The van der Waals surface area contributed by atoms with Crippen LogP contribution in [0.2, 0.25) is 0 Å². The number of urea groups is 1. The van der Waals surface area contributed by atoms with Crippen molar-refractivity contribution in [3.63, 3.8) is 0 Å². The van der Waals surface area contributed by atoms with E-state index in [2.05, 4.69) is 20.5 Å². The number of carbonyl (C=O) groups is 1. The fourth-order valence-corrected chi connectivity index (χ4v) is 4.31. The van der Waals surface area contributed by atoms with Gasteiger partial charge in [-0.2, -0.15) is 0 Å². The predicted octanol–water partition coefficient (Wildman–Crippen LogP) is 3.87. The first-order valence-corrected chi connectivity index (χ1v) is 10.4. The molecule has 0 bridgehead atoms. The lowest BCUT2D eigenvalue weighted by molar-refractivity contribution is 0.0821. The Balaban J connectivity index is 1.45. The van der Waals surface area contributed by atoms with Crippen LogP contribution in [0.15, 0.2) is 41.9 Å². The van der Waals surface area contributed by atoms with Gasteiger partial charge >= 0.3 is 6.03 Å². The van der Waals surface area contributed by atoms with Gasteiger partial charge in [-0.1, -0.05) is 23.5 Å². The summed E-state index contributed by atoms with van der Waals surface area (Å²) in [5, 5.41) is 14.2. The number of amides is 2.